The minimum atomic E-state index is 0.461. The van der Waals surface area contributed by atoms with E-state index in [2.05, 4.69) is 15.1 Å². The Morgan fingerprint density at radius 1 is 1.14 bits per heavy atom. The molecule has 2 N–H and O–H groups in total. The maximum atomic E-state index is 9.20. The lowest BCUT2D eigenvalue weighted by atomic mass is 10.2. The molecule has 0 aliphatic heterocycles. The highest BCUT2D eigenvalue weighted by molar-refractivity contribution is 5.83. The molecule has 3 heterocycles. The zero-order valence-electron chi connectivity index (χ0n) is 10.9. The van der Waals surface area contributed by atoms with Crippen molar-refractivity contribution in [3.63, 3.8) is 0 Å². The van der Waals surface area contributed by atoms with Crippen LogP contribution < -0.4 is 5.36 Å². The molecule has 0 unspecified atom stereocenters. The van der Waals surface area contributed by atoms with Crippen LogP contribution in [0.25, 0.3) is 33.3 Å². The van der Waals surface area contributed by atoms with E-state index < -0.39 is 0 Å². The van der Waals surface area contributed by atoms with Crippen LogP contribution in [0, 0.1) is 0 Å². The van der Waals surface area contributed by atoms with Gasteiger partial charge >= 0.3 is 0 Å². The minimum absolute atomic E-state index is 0.461. The first-order chi connectivity index (χ1) is 10.3. The van der Waals surface area contributed by atoms with Gasteiger partial charge in [-0.15, -0.1) is 0 Å². The Bertz CT molecular complexity index is 1010. The Hall–Kier alpha value is -3.08. The number of nitrogens with one attached hydrogen (secondary N) is 1. The summed E-state index contributed by atoms with van der Waals surface area (Å²) >= 11 is 0. The van der Waals surface area contributed by atoms with Gasteiger partial charge in [0.25, 0.3) is 0 Å². The number of pyridine rings is 1. The molecule has 0 radical (unpaired) electrons. The lowest BCUT2D eigenvalue weighted by Crippen LogP contribution is -2.03. The normalized spacial score (nSPS) is 12.3. The van der Waals surface area contributed by atoms with Gasteiger partial charge in [-0.3, -0.25) is 4.98 Å². The second kappa shape index (κ2) is 4.49. The first-order valence-corrected chi connectivity index (χ1v) is 6.50. The molecule has 0 atom stereocenters. The summed E-state index contributed by atoms with van der Waals surface area (Å²) in [5.74, 6) is 0.560. The Morgan fingerprint density at radius 3 is 2.95 bits per heavy atom. The van der Waals surface area contributed by atoms with Gasteiger partial charge in [-0.2, -0.15) is 0 Å². The number of nitrogens with zero attached hydrogens (tertiary/aromatic N) is 2. The highest BCUT2D eigenvalue weighted by Gasteiger charge is 2.08. The van der Waals surface area contributed by atoms with Crippen LogP contribution in [0.2, 0.25) is 0 Å². The monoisotopic (exact) mass is 277 g/mol. The standard InChI is InChI=1S/C16H11N3O2/c20-19-12-8-16(21-15-4-2-1-3-11(12)15)13-7-10-5-6-17-14(10)9-18-13/h1-9,17,20H. The van der Waals surface area contributed by atoms with Gasteiger partial charge in [0.05, 0.1) is 11.7 Å². The molecule has 21 heavy (non-hydrogen) atoms. The SMILES string of the molecule is ON=c1cc(-c2cc3cc[nH]c3cn2)oc2ccccc12. The van der Waals surface area contributed by atoms with Crippen molar-refractivity contribution in [2.75, 3.05) is 0 Å². The van der Waals surface area contributed by atoms with E-state index in [0.29, 0.717) is 22.4 Å². The molecule has 5 nitrogen and oxygen atoms in total. The number of hydrogen-bond acceptors (Lipinski definition) is 4. The third-order valence-corrected chi connectivity index (χ3v) is 3.45. The Balaban J connectivity index is 2.01. The van der Waals surface area contributed by atoms with Gasteiger partial charge in [-0.1, -0.05) is 17.3 Å². The molecule has 5 heteroatoms. The molecule has 0 bridgehead atoms. The van der Waals surface area contributed by atoms with Crippen LogP contribution in [-0.4, -0.2) is 15.2 Å². The number of H-pyrrole nitrogens is 1. The average Bonchev–Trinajstić information content (AvgIpc) is 3.01. The van der Waals surface area contributed by atoms with E-state index in [4.69, 9.17) is 4.42 Å². The number of aromatic nitrogens is 2. The topological polar surface area (TPSA) is 74.4 Å². The molecule has 0 fully saturated rings. The van der Waals surface area contributed by atoms with E-state index in [9.17, 15) is 5.21 Å². The zero-order chi connectivity index (χ0) is 14.2. The van der Waals surface area contributed by atoms with Crippen LogP contribution in [0.3, 0.4) is 0 Å². The quantitative estimate of drug-likeness (QED) is 0.414. The molecular formula is C16H11N3O2. The van der Waals surface area contributed by atoms with Gasteiger partial charge < -0.3 is 14.6 Å². The predicted octanol–water partition coefficient (Wildman–Crippen LogP) is 3.27. The van der Waals surface area contributed by atoms with E-state index in [1.807, 2.05) is 42.6 Å². The molecule has 0 saturated carbocycles. The van der Waals surface area contributed by atoms with Gasteiger partial charge in [0.15, 0.2) is 5.76 Å². The molecule has 1 aromatic carbocycles. The van der Waals surface area contributed by atoms with Crippen molar-refractivity contribution in [2.45, 2.75) is 0 Å². The van der Waals surface area contributed by atoms with Crippen molar-refractivity contribution in [1.82, 2.24) is 9.97 Å². The van der Waals surface area contributed by atoms with Crippen molar-refractivity contribution in [3.8, 4) is 11.5 Å². The number of hydrogen-bond donors (Lipinski definition) is 2. The molecule has 0 saturated heterocycles. The molecule has 0 aliphatic rings. The molecule has 102 valence electrons. The smallest absolute Gasteiger partial charge is 0.155 e. The van der Waals surface area contributed by atoms with Crippen molar-refractivity contribution in [3.05, 3.63) is 60.2 Å². The highest BCUT2D eigenvalue weighted by atomic mass is 16.4. The second-order valence-electron chi connectivity index (χ2n) is 4.73. The average molecular weight is 277 g/mol. The van der Waals surface area contributed by atoms with E-state index in [1.165, 1.54) is 0 Å². The molecular weight excluding hydrogens is 266 g/mol. The van der Waals surface area contributed by atoms with Crippen LogP contribution in [-0.2, 0) is 0 Å². The maximum Gasteiger partial charge on any atom is 0.155 e. The van der Waals surface area contributed by atoms with Gasteiger partial charge in [0.2, 0.25) is 0 Å². The summed E-state index contributed by atoms with van der Waals surface area (Å²) < 4.78 is 5.87. The number of aromatic amines is 1. The van der Waals surface area contributed by atoms with Crippen LogP contribution in [0.1, 0.15) is 0 Å². The molecule has 4 rings (SSSR count). The third kappa shape index (κ3) is 1.87. The summed E-state index contributed by atoms with van der Waals surface area (Å²) in [6.45, 7) is 0. The summed E-state index contributed by atoms with van der Waals surface area (Å²) in [7, 11) is 0. The van der Waals surface area contributed by atoms with Gasteiger partial charge in [0.1, 0.15) is 16.6 Å². The van der Waals surface area contributed by atoms with Crippen molar-refractivity contribution < 1.29 is 9.62 Å². The fourth-order valence-electron chi connectivity index (χ4n) is 2.41. The van der Waals surface area contributed by atoms with Crippen molar-refractivity contribution in [2.24, 2.45) is 5.16 Å². The van der Waals surface area contributed by atoms with E-state index >= 15 is 0 Å². The fraction of sp³-hybridized carbons (Fsp3) is 0. The Morgan fingerprint density at radius 2 is 2.05 bits per heavy atom. The number of rotatable bonds is 1. The summed E-state index contributed by atoms with van der Waals surface area (Å²) in [4.78, 5) is 7.48. The van der Waals surface area contributed by atoms with Crippen molar-refractivity contribution >= 4 is 21.9 Å². The lowest BCUT2D eigenvalue weighted by Gasteiger charge is -2.03. The predicted molar refractivity (Wildman–Crippen MR) is 78.7 cm³/mol. The first-order valence-electron chi connectivity index (χ1n) is 6.50. The van der Waals surface area contributed by atoms with Crippen LogP contribution in [0.5, 0.6) is 0 Å². The molecule has 4 aromatic rings. The van der Waals surface area contributed by atoms with E-state index in [0.717, 1.165) is 16.3 Å². The van der Waals surface area contributed by atoms with Gasteiger partial charge in [0, 0.05) is 23.0 Å². The van der Waals surface area contributed by atoms with E-state index in [1.54, 1.807) is 12.3 Å². The first kappa shape index (κ1) is 11.7. The lowest BCUT2D eigenvalue weighted by molar-refractivity contribution is 0.302. The second-order valence-corrected chi connectivity index (χ2v) is 4.73. The van der Waals surface area contributed by atoms with Gasteiger partial charge in [-0.25, -0.2) is 0 Å². The zero-order valence-corrected chi connectivity index (χ0v) is 10.9. The highest BCUT2D eigenvalue weighted by Crippen LogP contribution is 2.23. The molecule has 0 aliphatic carbocycles. The minimum Gasteiger partial charge on any atom is -0.454 e. The molecule has 0 amide bonds. The molecule has 0 spiro atoms. The van der Waals surface area contributed by atoms with Crippen molar-refractivity contribution in [1.29, 1.82) is 0 Å². The van der Waals surface area contributed by atoms with Gasteiger partial charge in [-0.05, 0) is 24.3 Å². The van der Waals surface area contributed by atoms with E-state index in [-0.39, 0.29) is 0 Å². The largest absolute Gasteiger partial charge is 0.454 e. The van der Waals surface area contributed by atoms with Crippen LogP contribution in [0.4, 0.5) is 0 Å². The number of para-hydroxylation sites is 1. The Labute approximate surface area is 119 Å². The fourth-order valence-corrected chi connectivity index (χ4v) is 2.41. The summed E-state index contributed by atoms with van der Waals surface area (Å²) in [6.07, 6.45) is 3.62. The Kier molecular flexibility index (Phi) is 2.50. The third-order valence-electron chi connectivity index (χ3n) is 3.45. The summed E-state index contributed by atoms with van der Waals surface area (Å²) in [5.41, 5.74) is 2.31. The summed E-state index contributed by atoms with van der Waals surface area (Å²) in [6, 6.07) is 13.0. The number of fused-ring (bicyclic) bond motifs is 2. The summed E-state index contributed by atoms with van der Waals surface area (Å²) in [5, 5.41) is 14.8. The maximum absolute atomic E-state index is 9.20. The van der Waals surface area contributed by atoms with Crippen LogP contribution in [0.15, 0.2) is 64.4 Å². The molecule has 3 aromatic heterocycles. The van der Waals surface area contributed by atoms with Crippen LogP contribution >= 0.6 is 0 Å². The number of benzene rings is 1.